The number of rotatable bonds is 11. The zero-order chi connectivity index (χ0) is 27.9. The molecule has 8 heteroatoms. The normalized spacial score (nSPS) is 15.2. The van der Waals surface area contributed by atoms with Crippen LogP contribution < -0.4 is 9.62 Å². The van der Waals surface area contributed by atoms with Crippen LogP contribution in [0.15, 0.2) is 84.5 Å². The molecule has 0 unspecified atom stereocenters. The van der Waals surface area contributed by atoms with E-state index in [1.54, 1.807) is 12.3 Å². The van der Waals surface area contributed by atoms with E-state index in [0.29, 0.717) is 31.6 Å². The van der Waals surface area contributed by atoms with Crippen molar-refractivity contribution in [1.29, 1.82) is 5.26 Å². The van der Waals surface area contributed by atoms with E-state index in [1.165, 1.54) is 11.8 Å². The second-order valence-electron chi connectivity index (χ2n) is 10.5. The van der Waals surface area contributed by atoms with Gasteiger partial charge in [-0.1, -0.05) is 54.6 Å². The Bertz CT molecular complexity index is 1420. The van der Waals surface area contributed by atoms with Gasteiger partial charge in [0.05, 0.1) is 17.2 Å². The van der Waals surface area contributed by atoms with Gasteiger partial charge in [0.25, 0.3) is 0 Å². The summed E-state index contributed by atoms with van der Waals surface area (Å²) >= 11 is 0. The van der Waals surface area contributed by atoms with Crippen molar-refractivity contribution < 1.29 is 8.42 Å². The van der Waals surface area contributed by atoms with Crippen LogP contribution in [0.3, 0.4) is 0 Å². The van der Waals surface area contributed by atoms with Gasteiger partial charge in [-0.3, -0.25) is 4.98 Å². The molecule has 0 bridgehead atoms. The third kappa shape index (κ3) is 6.93. The molecule has 4 rings (SSSR count). The first kappa shape index (κ1) is 28.5. The molecule has 7 nitrogen and oxygen atoms in total. The Balaban J connectivity index is 1.50. The van der Waals surface area contributed by atoms with E-state index in [2.05, 4.69) is 56.4 Å². The minimum absolute atomic E-state index is 0.158. The number of anilines is 1. The lowest BCUT2D eigenvalue weighted by Gasteiger charge is -2.39. The van der Waals surface area contributed by atoms with E-state index >= 15 is 0 Å². The molecule has 2 heterocycles. The number of piperidine rings is 1. The topological polar surface area (TPSA) is 89.3 Å². The summed E-state index contributed by atoms with van der Waals surface area (Å²) in [5.74, 6) is 0. The molecule has 0 radical (unpaired) electrons. The van der Waals surface area contributed by atoms with Crippen molar-refractivity contribution in [2.24, 2.45) is 5.41 Å². The van der Waals surface area contributed by atoms with Crippen LogP contribution in [0.2, 0.25) is 0 Å². The van der Waals surface area contributed by atoms with Crippen LogP contribution in [-0.2, 0) is 23.1 Å². The molecule has 0 atom stereocenters. The van der Waals surface area contributed by atoms with Crippen LogP contribution in [0.4, 0.5) is 5.69 Å². The van der Waals surface area contributed by atoms with Crippen molar-refractivity contribution in [2.45, 2.75) is 43.7 Å². The highest BCUT2D eigenvalue weighted by molar-refractivity contribution is 7.89. The molecule has 204 valence electrons. The lowest BCUT2D eigenvalue weighted by molar-refractivity contribution is 0.284. The molecule has 0 amide bonds. The van der Waals surface area contributed by atoms with E-state index in [0.717, 1.165) is 36.1 Å². The van der Waals surface area contributed by atoms with E-state index in [9.17, 15) is 13.7 Å². The second kappa shape index (κ2) is 12.6. The summed E-state index contributed by atoms with van der Waals surface area (Å²) in [6, 6.07) is 20.5. The number of benzene rings is 2. The van der Waals surface area contributed by atoms with Gasteiger partial charge < -0.3 is 9.80 Å². The molecule has 1 aromatic heterocycles. The van der Waals surface area contributed by atoms with Gasteiger partial charge in [-0.05, 0) is 68.1 Å². The first-order chi connectivity index (χ1) is 18.8. The van der Waals surface area contributed by atoms with Crippen LogP contribution in [0, 0.1) is 16.7 Å². The fraction of sp³-hybridized carbons (Fsp3) is 0.355. The monoisotopic (exact) mass is 543 g/mol. The van der Waals surface area contributed by atoms with E-state index in [4.69, 9.17) is 0 Å². The summed E-state index contributed by atoms with van der Waals surface area (Å²) in [4.78, 5) is 8.47. The molecular formula is C31H37N5O2S. The molecule has 39 heavy (non-hydrogen) atoms. The summed E-state index contributed by atoms with van der Waals surface area (Å²) in [7, 11) is 0.236. The number of aromatic nitrogens is 1. The summed E-state index contributed by atoms with van der Waals surface area (Å²) in [5.41, 5.74) is 4.38. The molecular weight excluding hydrogens is 506 g/mol. The van der Waals surface area contributed by atoms with Crippen LogP contribution in [-0.4, -0.2) is 45.5 Å². The minimum Gasteiger partial charge on any atom is -0.370 e. The van der Waals surface area contributed by atoms with E-state index in [1.807, 2.05) is 44.4 Å². The number of nitrogens with one attached hydrogen (secondary N) is 1. The van der Waals surface area contributed by atoms with E-state index in [-0.39, 0.29) is 16.9 Å². The Morgan fingerprint density at radius 3 is 2.51 bits per heavy atom. The van der Waals surface area contributed by atoms with Crippen molar-refractivity contribution in [3.05, 3.63) is 90.8 Å². The molecule has 0 aliphatic carbocycles. The van der Waals surface area contributed by atoms with Crippen LogP contribution in [0.5, 0.6) is 0 Å². The van der Waals surface area contributed by atoms with Gasteiger partial charge in [-0.2, -0.15) is 5.26 Å². The number of nitrogens with zero attached hydrogens (tertiary/aromatic N) is 4. The highest BCUT2D eigenvalue weighted by Crippen LogP contribution is 2.38. The maximum Gasteiger partial charge on any atom is 0.244 e. The molecule has 0 spiro atoms. The van der Waals surface area contributed by atoms with Crippen molar-refractivity contribution in [3.8, 4) is 17.2 Å². The van der Waals surface area contributed by atoms with Crippen molar-refractivity contribution in [2.75, 3.05) is 32.1 Å². The Kier molecular flexibility index (Phi) is 9.18. The first-order valence-corrected chi connectivity index (χ1v) is 14.8. The van der Waals surface area contributed by atoms with Crippen LogP contribution in [0.25, 0.3) is 11.1 Å². The van der Waals surface area contributed by atoms with Crippen molar-refractivity contribution >= 4 is 15.7 Å². The maximum absolute atomic E-state index is 13.5. The number of hydrogen-bond donors (Lipinski definition) is 1. The van der Waals surface area contributed by atoms with Gasteiger partial charge in [-0.15, -0.1) is 6.58 Å². The van der Waals surface area contributed by atoms with Crippen molar-refractivity contribution in [3.63, 3.8) is 0 Å². The number of nitriles is 1. The number of sulfonamides is 1. The lowest BCUT2D eigenvalue weighted by atomic mass is 9.76. The van der Waals surface area contributed by atoms with Crippen LogP contribution in [0.1, 0.15) is 36.8 Å². The average Bonchev–Trinajstić information content (AvgIpc) is 2.96. The summed E-state index contributed by atoms with van der Waals surface area (Å²) in [6.07, 6.45) is 7.84. The Labute approximate surface area is 232 Å². The second-order valence-corrected chi connectivity index (χ2v) is 12.2. The van der Waals surface area contributed by atoms with Gasteiger partial charge in [0.15, 0.2) is 0 Å². The largest absolute Gasteiger partial charge is 0.370 e. The molecule has 1 aliphatic heterocycles. The van der Waals surface area contributed by atoms with Gasteiger partial charge in [-0.25, -0.2) is 13.1 Å². The standard InChI is InChI=1S/C31H37N5O2S/c1-4-5-15-31(24-32)16-19-36(20-17-31)29-14-18-33-22-30(29)39(37,38)34-21-27-8-6-7-9-28(27)26-12-10-25(11-13-26)23-35(2)3/h4,6-14,18,22,34H,1,5,15-17,19-21,23H2,2-3H3. The predicted molar refractivity (Wildman–Crippen MR) is 156 cm³/mol. The highest BCUT2D eigenvalue weighted by atomic mass is 32.2. The number of hydrogen-bond acceptors (Lipinski definition) is 6. The van der Waals surface area contributed by atoms with Gasteiger partial charge in [0.1, 0.15) is 4.90 Å². The Morgan fingerprint density at radius 2 is 1.85 bits per heavy atom. The molecule has 1 fully saturated rings. The summed E-state index contributed by atoms with van der Waals surface area (Å²) in [5, 5.41) is 9.82. The van der Waals surface area contributed by atoms with Gasteiger partial charge in [0, 0.05) is 38.6 Å². The SMILES string of the molecule is C=CCCC1(C#N)CCN(c2ccncc2S(=O)(=O)NCc2ccccc2-c2ccc(CN(C)C)cc2)CC1. The Morgan fingerprint density at radius 1 is 1.13 bits per heavy atom. The third-order valence-electron chi connectivity index (χ3n) is 7.41. The Hall–Kier alpha value is -3.51. The molecule has 1 saturated heterocycles. The molecule has 1 N–H and O–H groups in total. The quantitative estimate of drug-likeness (QED) is 0.327. The third-order valence-corrected chi connectivity index (χ3v) is 8.83. The minimum atomic E-state index is -3.84. The first-order valence-electron chi connectivity index (χ1n) is 13.3. The van der Waals surface area contributed by atoms with Gasteiger partial charge >= 0.3 is 0 Å². The fourth-order valence-electron chi connectivity index (χ4n) is 5.17. The molecule has 2 aromatic carbocycles. The zero-order valence-electron chi connectivity index (χ0n) is 22.8. The zero-order valence-corrected chi connectivity index (χ0v) is 23.6. The van der Waals surface area contributed by atoms with Crippen LogP contribution >= 0.6 is 0 Å². The molecule has 0 saturated carbocycles. The summed E-state index contributed by atoms with van der Waals surface area (Å²) in [6.45, 7) is 6.03. The molecule has 3 aromatic rings. The van der Waals surface area contributed by atoms with E-state index < -0.39 is 10.0 Å². The summed E-state index contributed by atoms with van der Waals surface area (Å²) < 4.78 is 29.9. The predicted octanol–water partition coefficient (Wildman–Crippen LogP) is 5.37. The number of pyridine rings is 1. The van der Waals surface area contributed by atoms with Gasteiger partial charge in [0.2, 0.25) is 10.0 Å². The maximum atomic E-state index is 13.5. The average molecular weight is 544 g/mol. The number of allylic oxidation sites excluding steroid dienone is 1. The smallest absolute Gasteiger partial charge is 0.244 e. The molecule has 1 aliphatic rings. The fourth-order valence-corrected chi connectivity index (χ4v) is 6.35. The lowest BCUT2D eigenvalue weighted by Crippen LogP contribution is -2.40. The highest BCUT2D eigenvalue weighted by Gasteiger charge is 2.35. The van der Waals surface area contributed by atoms with Crippen molar-refractivity contribution in [1.82, 2.24) is 14.6 Å².